The summed E-state index contributed by atoms with van der Waals surface area (Å²) in [6.07, 6.45) is 8.91. The molecule has 0 saturated heterocycles. The summed E-state index contributed by atoms with van der Waals surface area (Å²) in [6.45, 7) is 11.1. The summed E-state index contributed by atoms with van der Waals surface area (Å²) in [5, 5.41) is 15.4. The van der Waals surface area contributed by atoms with Crippen LogP contribution in [0.3, 0.4) is 0 Å². The molecule has 3 aliphatic carbocycles. The molecule has 172 valence electrons. The molecular formula is C28H39N3O. The zero-order valence-corrected chi connectivity index (χ0v) is 19.8. The zero-order chi connectivity index (χ0) is 22.5. The molecule has 3 aliphatic rings. The molecule has 2 saturated carbocycles. The molecule has 2 aromatic rings. The highest BCUT2D eigenvalue weighted by Gasteiger charge is 2.56. The van der Waals surface area contributed by atoms with Gasteiger partial charge in [0.2, 0.25) is 0 Å². The number of hydrogen-bond donors (Lipinski definition) is 2. The Morgan fingerprint density at radius 2 is 1.97 bits per heavy atom. The van der Waals surface area contributed by atoms with E-state index in [1.165, 1.54) is 41.7 Å². The van der Waals surface area contributed by atoms with Crippen LogP contribution in [0, 0.1) is 34.5 Å². The fraction of sp³-hybridized carbons (Fsp3) is 0.607. The van der Waals surface area contributed by atoms with Crippen LogP contribution in [0.2, 0.25) is 0 Å². The van der Waals surface area contributed by atoms with Crippen molar-refractivity contribution >= 4 is 0 Å². The van der Waals surface area contributed by atoms with E-state index in [1.54, 1.807) is 0 Å². The average molecular weight is 434 g/mol. The lowest BCUT2D eigenvalue weighted by Gasteiger charge is -2.55. The Balaban J connectivity index is 1.44. The minimum absolute atomic E-state index is 0.0532. The highest BCUT2D eigenvalue weighted by atomic mass is 16.3. The minimum Gasteiger partial charge on any atom is -0.396 e. The molecule has 0 aliphatic heterocycles. The van der Waals surface area contributed by atoms with Gasteiger partial charge in [-0.3, -0.25) is 4.68 Å². The van der Waals surface area contributed by atoms with Crippen LogP contribution in [-0.4, -0.2) is 28.0 Å². The van der Waals surface area contributed by atoms with Crippen LogP contribution in [0.1, 0.15) is 56.4 Å². The van der Waals surface area contributed by atoms with E-state index in [4.69, 9.17) is 10.8 Å². The Morgan fingerprint density at radius 1 is 1.19 bits per heavy atom. The van der Waals surface area contributed by atoms with Crippen LogP contribution >= 0.6 is 0 Å². The van der Waals surface area contributed by atoms with Gasteiger partial charge in [-0.25, -0.2) is 0 Å². The van der Waals surface area contributed by atoms with Crippen LogP contribution in [0.25, 0.3) is 0 Å². The van der Waals surface area contributed by atoms with Gasteiger partial charge < -0.3 is 10.8 Å². The number of rotatable bonds is 5. The lowest BCUT2D eigenvalue weighted by molar-refractivity contribution is -0.0536. The molecule has 3 N–H and O–H groups in total. The van der Waals surface area contributed by atoms with E-state index < -0.39 is 0 Å². The highest BCUT2D eigenvalue weighted by molar-refractivity contribution is 5.27. The van der Waals surface area contributed by atoms with Gasteiger partial charge in [0.05, 0.1) is 12.2 Å². The predicted octanol–water partition coefficient (Wildman–Crippen LogP) is 4.60. The predicted molar refractivity (Wildman–Crippen MR) is 129 cm³/mol. The zero-order valence-electron chi connectivity index (χ0n) is 19.8. The van der Waals surface area contributed by atoms with E-state index in [2.05, 4.69) is 61.6 Å². The van der Waals surface area contributed by atoms with Crippen molar-refractivity contribution in [3.05, 3.63) is 65.5 Å². The van der Waals surface area contributed by atoms with E-state index >= 15 is 0 Å². The van der Waals surface area contributed by atoms with Crippen LogP contribution < -0.4 is 5.73 Å². The summed E-state index contributed by atoms with van der Waals surface area (Å²) in [5.41, 5.74) is 12.0. The Morgan fingerprint density at radius 3 is 2.69 bits per heavy atom. The number of aliphatic hydroxyl groups is 1. The molecule has 4 nitrogen and oxygen atoms in total. The first-order chi connectivity index (χ1) is 15.4. The summed E-state index contributed by atoms with van der Waals surface area (Å²) in [4.78, 5) is 0. The first kappa shape index (κ1) is 21.9. The monoisotopic (exact) mass is 433 g/mol. The number of nitrogens with zero attached hydrogens (tertiary/aromatic N) is 2. The molecule has 0 bridgehead atoms. The number of nitrogens with two attached hydrogens (primary N) is 1. The van der Waals surface area contributed by atoms with Crippen molar-refractivity contribution in [2.24, 2.45) is 40.2 Å². The number of aliphatic hydroxyl groups excluding tert-OH is 1. The van der Waals surface area contributed by atoms with Crippen molar-refractivity contribution in [3.8, 4) is 0 Å². The third kappa shape index (κ3) is 3.38. The third-order valence-electron chi connectivity index (χ3n) is 9.79. The Hall–Kier alpha value is -1.91. The van der Waals surface area contributed by atoms with Crippen molar-refractivity contribution in [2.75, 3.05) is 13.2 Å². The van der Waals surface area contributed by atoms with Crippen molar-refractivity contribution in [3.63, 3.8) is 0 Å². The quantitative estimate of drug-likeness (QED) is 0.677. The number of allylic oxidation sites excluding steroid dienone is 1. The van der Waals surface area contributed by atoms with Crippen LogP contribution in [-0.2, 0) is 19.4 Å². The fourth-order valence-corrected chi connectivity index (χ4v) is 7.74. The third-order valence-corrected chi connectivity index (χ3v) is 9.79. The van der Waals surface area contributed by atoms with Gasteiger partial charge in [-0.05, 0) is 90.7 Å². The van der Waals surface area contributed by atoms with Crippen LogP contribution in [0.5, 0.6) is 0 Å². The van der Waals surface area contributed by atoms with Gasteiger partial charge >= 0.3 is 0 Å². The molecule has 5 rings (SSSR count). The maximum atomic E-state index is 10.5. The van der Waals surface area contributed by atoms with Gasteiger partial charge in [0.15, 0.2) is 0 Å². The van der Waals surface area contributed by atoms with Gasteiger partial charge in [0.1, 0.15) is 0 Å². The first-order valence-corrected chi connectivity index (χ1v) is 12.5. The molecule has 4 heteroatoms. The molecule has 2 fully saturated rings. The molecule has 6 atom stereocenters. The first-order valence-electron chi connectivity index (χ1n) is 12.5. The normalized spacial score (nSPS) is 36.7. The van der Waals surface area contributed by atoms with Crippen molar-refractivity contribution < 1.29 is 5.11 Å². The maximum absolute atomic E-state index is 10.5. The summed E-state index contributed by atoms with van der Waals surface area (Å²) in [7, 11) is 0. The Bertz CT molecular complexity index is 982. The maximum Gasteiger partial charge on any atom is 0.0660 e. The molecule has 0 amide bonds. The second kappa shape index (κ2) is 8.14. The minimum atomic E-state index is 0.0532. The van der Waals surface area contributed by atoms with Crippen molar-refractivity contribution in [1.29, 1.82) is 0 Å². The summed E-state index contributed by atoms with van der Waals surface area (Å²) >= 11 is 0. The van der Waals surface area contributed by atoms with E-state index in [1.807, 2.05) is 0 Å². The lowest BCUT2D eigenvalue weighted by Crippen LogP contribution is -2.53. The molecule has 32 heavy (non-hydrogen) atoms. The molecule has 0 spiro atoms. The molecule has 1 heterocycles. The molecule has 1 aromatic heterocycles. The summed E-state index contributed by atoms with van der Waals surface area (Å²) in [6, 6.07) is 10.5. The molecule has 0 unspecified atom stereocenters. The highest BCUT2D eigenvalue weighted by Crippen LogP contribution is 2.62. The van der Waals surface area contributed by atoms with Gasteiger partial charge in [0.25, 0.3) is 0 Å². The van der Waals surface area contributed by atoms with Crippen LogP contribution in [0.4, 0.5) is 0 Å². The van der Waals surface area contributed by atoms with Crippen molar-refractivity contribution in [1.82, 2.24) is 9.78 Å². The van der Waals surface area contributed by atoms with E-state index in [-0.39, 0.29) is 23.4 Å². The second-order valence-electron chi connectivity index (χ2n) is 11.3. The van der Waals surface area contributed by atoms with Gasteiger partial charge in [-0.15, -0.1) is 0 Å². The SMILES string of the molecule is C=C1CC[C@H]2[C@H](CN)[C@@H]([C@@]3(C)Cc4cn(Cc5ccccc5)nc4C[C@@H]3CO)CC[C@]12C. The Labute approximate surface area is 192 Å². The number of benzene rings is 1. The number of hydrogen-bond acceptors (Lipinski definition) is 3. The van der Waals surface area contributed by atoms with Crippen LogP contribution in [0.15, 0.2) is 48.7 Å². The Kier molecular flexibility index (Phi) is 5.58. The smallest absolute Gasteiger partial charge is 0.0660 e. The molecule has 0 radical (unpaired) electrons. The van der Waals surface area contributed by atoms with Gasteiger partial charge in [0, 0.05) is 12.8 Å². The van der Waals surface area contributed by atoms with Gasteiger partial charge in [-0.2, -0.15) is 5.10 Å². The standard InChI is InChI=1S/C28H39N3O/c1-19-9-10-24-23(15-29)25(11-12-27(19,24)2)28(3)14-21-17-31(16-20-7-5-4-6-8-20)30-26(21)13-22(28)18-32/h4-8,17,22-25,32H,1,9-16,18,29H2,2-3H3/t22-,23+,24+,25+,27-,28+/m1/s1. The van der Waals surface area contributed by atoms with Crippen molar-refractivity contribution in [2.45, 2.75) is 58.9 Å². The van der Waals surface area contributed by atoms with E-state index in [0.29, 0.717) is 17.8 Å². The number of aromatic nitrogens is 2. The fourth-order valence-electron chi connectivity index (χ4n) is 7.74. The summed E-state index contributed by atoms with van der Waals surface area (Å²) in [5.74, 6) is 1.92. The van der Waals surface area contributed by atoms with Gasteiger partial charge in [-0.1, -0.05) is 56.3 Å². The average Bonchev–Trinajstić information content (AvgIpc) is 3.31. The molecular weight excluding hydrogens is 394 g/mol. The van der Waals surface area contributed by atoms with E-state index in [0.717, 1.165) is 32.4 Å². The topological polar surface area (TPSA) is 64.1 Å². The summed E-state index contributed by atoms with van der Waals surface area (Å²) < 4.78 is 2.10. The second-order valence-corrected chi connectivity index (χ2v) is 11.3. The number of fused-ring (bicyclic) bond motifs is 2. The lowest BCUT2D eigenvalue weighted by atomic mass is 9.49. The largest absolute Gasteiger partial charge is 0.396 e. The van der Waals surface area contributed by atoms with E-state index in [9.17, 15) is 5.11 Å². The molecule has 1 aromatic carbocycles.